The first kappa shape index (κ1) is 20.1. The monoisotopic (exact) mass is 389 g/mol. The van der Waals surface area contributed by atoms with Crippen molar-refractivity contribution in [3.05, 3.63) is 23.8 Å². The molecular weight excluding hydrogens is 362 g/mol. The summed E-state index contributed by atoms with van der Waals surface area (Å²) in [6.07, 6.45) is 1.64. The Morgan fingerprint density at radius 2 is 2.07 bits per heavy atom. The fraction of sp³-hybridized carbons (Fsp3) is 0.550. The number of aliphatic carboxylic acids is 1. The Hall–Kier alpha value is -2.61. The van der Waals surface area contributed by atoms with E-state index in [-0.39, 0.29) is 24.4 Å². The molecule has 0 bridgehead atoms. The average molecular weight is 389 g/mol. The lowest BCUT2D eigenvalue weighted by Gasteiger charge is -2.34. The van der Waals surface area contributed by atoms with Gasteiger partial charge in [0.25, 0.3) is 0 Å². The van der Waals surface area contributed by atoms with Gasteiger partial charge >= 0.3 is 12.0 Å². The van der Waals surface area contributed by atoms with Crippen LogP contribution in [0.15, 0.2) is 18.2 Å². The van der Waals surface area contributed by atoms with Gasteiger partial charge in [-0.2, -0.15) is 0 Å². The summed E-state index contributed by atoms with van der Waals surface area (Å²) >= 11 is 0. The van der Waals surface area contributed by atoms with Gasteiger partial charge in [-0.25, -0.2) is 4.79 Å². The molecule has 28 heavy (non-hydrogen) atoms. The molecule has 2 unspecified atom stereocenters. The fourth-order valence-corrected chi connectivity index (χ4v) is 3.96. The zero-order valence-corrected chi connectivity index (χ0v) is 16.3. The van der Waals surface area contributed by atoms with E-state index in [2.05, 4.69) is 5.32 Å². The zero-order valence-electron chi connectivity index (χ0n) is 16.3. The molecule has 1 fully saturated rings. The number of amides is 3. The summed E-state index contributed by atoms with van der Waals surface area (Å²) in [6.45, 7) is 3.67. The third-order valence-corrected chi connectivity index (χ3v) is 5.35. The van der Waals surface area contributed by atoms with Crippen LogP contribution in [0.25, 0.3) is 0 Å². The van der Waals surface area contributed by atoms with Crippen molar-refractivity contribution in [3.63, 3.8) is 0 Å². The summed E-state index contributed by atoms with van der Waals surface area (Å²) in [6, 6.07) is 5.22. The Labute approximate surface area is 164 Å². The Kier molecular flexibility index (Phi) is 6.18. The molecule has 1 saturated heterocycles. The molecule has 8 nitrogen and oxygen atoms in total. The van der Waals surface area contributed by atoms with Crippen molar-refractivity contribution >= 4 is 29.3 Å². The highest BCUT2D eigenvalue weighted by Gasteiger charge is 2.32. The number of nitrogens with zero attached hydrogens (tertiary/aromatic N) is 2. The number of nitrogens with one attached hydrogen (secondary N) is 1. The number of piperidine rings is 1. The van der Waals surface area contributed by atoms with Crippen LogP contribution in [-0.4, -0.2) is 61.3 Å². The standard InChI is InChI=1S/C20H27N3O5/c1-13-9-15(19(25)26)12-22(11-13)20(27)21-16-4-5-17-14(10-16)3-6-18(24)23(17)7-8-28-2/h4-5,10,13,15H,3,6-9,11-12H2,1-2H3,(H,21,27)(H,25,26). The first-order chi connectivity index (χ1) is 13.4. The van der Waals surface area contributed by atoms with Crippen LogP contribution in [-0.2, 0) is 20.7 Å². The van der Waals surface area contributed by atoms with Gasteiger partial charge in [0.2, 0.25) is 5.91 Å². The van der Waals surface area contributed by atoms with E-state index in [1.165, 1.54) is 0 Å². The van der Waals surface area contributed by atoms with E-state index in [4.69, 9.17) is 4.74 Å². The van der Waals surface area contributed by atoms with Gasteiger partial charge in [-0.3, -0.25) is 9.59 Å². The molecule has 2 aliphatic heterocycles. The summed E-state index contributed by atoms with van der Waals surface area (Å²) in [5, 5.41) is 12.2. The SMILES string of the molecule is COCCN1C(=O)CCc2cc(NC(=O)N3CC(C)CC(C(=O)O)C3)ccc21. The number of urea groups is 1. The van der Waals surface area contributed by atoms with Crippen LogP contribution in [0.2, 0.25) is 0 Å². The molecule has 8 heteroatoms. The number of aryl methyl sites for hydroxylation is 1. The molecule has 0 spiro atoms. The molecule has 3 amide bonds. The largest absolute Gasteiger partial charge is 0.481 e. The Balaban J connectivity index is 1.70. The number of anilines is 2. The van der Waals surface area contributed by atoms with Gasteiger partial charge in [0, 0.05) is 44.5 Å². The van der Waals surface area contributed by atoms with Crippen LogP contribution in [0.3, 0.4) is 0 Å². The molecule has 2 N–H and O–H groups in total. The summed E-state index contributed by atoms with van der Waals surface area (Å²) in [7, 11) is 1.60. The summed E-state index contributed by atoms with van der Waals surface area (Å²) in [5.41, 5.74) is 2.50. The van der Waals surface area contributed by atoms with Crippen molar-refractivity contribution < 1.29 is 24.2 Å². The molecule has 2 heterocycles. The molecule has 1 aromatic rings. The second kappa shape index (κ2) is 8.60. The molecule has 152 valence electrons. The van der Waals surface area contributed by atoms with Crippen LogP contribution < -0.4 is 10.2 Å². The summed E-state index contributed by atoms with van der Waals surface area (Å²) < 4.78 is 5.09. The molecule has 2 aliphatic rings. The van der Waals surface area contributed by atoms with Gasteiger partial charge in [0.15, 0.2) is 0 Å². The van der Waals surface area contributed by atoms with Gasteiger partial charge in [0.1, 0.15) is 0 Å². The molecule has 2 atom stereocenters. The lowest BCUT2D eigenvalue weighted by molar-refractivity contribution is -0.143. The number of carbonyl (C=O) groups excluding carboxylic acids is 2. The van der Waals surface area contributed by atoms with E-state index < -0.39 is 11.9 Å². The number of hydrogen-bond acceptors (Lipinski definition) is 4. The minimum absolute atomic E-state index is 0.0725. The Morgan fingerprint density at radius 1 is 1.29 bits per heavy atom. The number of likely N-dealkylation sites (tertiary alicyclic amines) is 1. The summed E-state index contributed by atoms with van der Waals surface area (Å²) in [5.74, 6) is -1.18. The van der Waals surface area contributed by atoms with E-state index >= 15 is 0 Å². The number of rotatable bonds is 5. The second-order valence-corrected chi connectivity index (χ2v) is 7.59. The minimum Gasteiger partial charge on any atom is -0.481 e. The number of hydrogen-bond donors (Lipinski definition) is 2. The average Bonchev–Trinajstić information content (AvgIpc) is 2.66. The minimum atomic E-state index is -0.862. The topological polar surface area (TPSA) is 99.2 Å². The third-order valence-electron chi connectivity index (χ3n) is 5.35. The lowest BCUT2D eigenvalue weighted by Crippen LogP contribution is -2.47. The number of ether oxygens (including phenoxy) is 1. The quantitative estimate of drug-likeness (QED) is 0.804. The Bertz CT molecular complexity index is 766. The van der Waals surface area contributed by atoms with Crippen molar-refractivity contribution in [3.8, 4) is 0 Å². The molecular formula is C20H27N3O5. The summed E-state index contributed by atoms with van der Waals surface area (Å²) in [4.78, 5) is 39.5. The fourth-order valence-electron chi connectivity index (χ4n) is 3.96. The van der Waals surface area contributed by atoms with Gasteiger partial charge < -0.3 is 25.0 Å². The predicted molar refractivity (Wildman–Crippen MR) is 104 cm³/mol. The molecule has 3 rings (SSSR count). The maximum Gasteiger partial charge on any atom is 0.321 e. The Morgan fingerprint density at radius 3 is 2.79 bits per heavy atom. The van der Waals surface area contributed by atoms with E-state index in [0.717, 1.165) is 11.3 Å². The number of benzene rings is 1. The smallest absolute Gasteiger partial charge is 0.321 e. The van der Waals surface area contributed by atoms with E-state index in [9.17, 15) is 19.5 Å². The predicted octanol–water partition coefficient (Wildman–Crippen LogP) is 2.19. The molecule has 0 aliphatic carbocycles. The van der Waals surface area contributed by atoms with Gasteiger partial charge in [0.05, 0.1) is 12.5 Å². The highest BCUT2D eigenvalue weighted by Crippen LogP contribution is 2.30. The van der Waals surface area contributed by atoms with E-state index in [0.29, 0.717) is 44.6 Å². The van der Waals surface area contributed by atoms with Crippen LogP contribution in [0.5, 0.6) is 0 Å². The van der Waals surface area contributed by atoms with Crippen molar-refractivity contribution in [1.29, 1.82) is 0 Å². The van der Waals surface area contributed by atoms with Crippen LogP contribution in [0.4, 0.5) is 16.2 Å². The first-order valence-electron chi connectivity index (χ1n) is 9.60. The maximum atomic E-state index is 12.6. The lowest BCUT2D eigenvalue weighted by atomic mass is 9.91. The normalized spacial score (nSPS) is 22.0. The van der Waals surface area contributed by atoms with Crippen LogP contribution >= 0.6 is 0 Å². The molecule has 0 aromatic heterocycles. The van der Waals surface area contributed by atoms with Crippen molar-refractivity contribution in [2.24, 2.45) is 11.8 Å². The van der Waals surface area contributed by atoms with Crippen LogP contribution in [0, 0.1) is 11.8 Å². The highest BCUT2D eigenvalue weighted by molar-refractivity contribution is 5.97. The first-order valence-corrected chi connectivity index (χ1v) is 9.60. The zero-order chi connectivity index (χ0) is 20.3. The number of fused-ring (bicyclic) bond motifs is 1. The van der Waals surface area contributed by atoms with Gasteiger partial charge in [-0.05, 0) is 42.5 Å². The number of carboxylic acids is 1. The van der Waals surface area contributed by atoms with E-state index in [1.54, 1.807) is 23.0 Å². The number of carbonyl (C=O) groups is 3. The second-order valence-electron chi connectivity index (χ2n) is 7.59. The van der Waals surface area contributed by atoms with Gasteiger partial charge in [-0.15, -0.1) is 0 Å². The van der Waals surface area contributed by atoms with E-state index in [1.807, 2.05) is 19.1 Å². The molecule has 1 aromatic carbocycles. The highest BCUT2D eigenvalue weighted by atomic mass is 16.5. The molecule has 0 saturated carbocycles. The number of carboxylic acid groups (broad SMARTS) is 1. The van der Waals surface area contributed by atoms with Crippen molar-refractivity contribution in [1.82, 2.24) is 4.90 Å². The number of methoxy groups -OCH3 is 1. The van der Waals surface area contributed by atoms with Crippen LogP contribution in [0.1, 0.15) is 25.3 Å². The molecule has 0 radical (unpaired) electrons. The third kappa shape index (κ3) is 4.44. The maximum absolute atomic E-state index is 12.6. The van der Waals surface area contributed by atoms with Crippen molar-refractivity contribution in [2.75, 3.05) is 43.6 Å². The van der Waals surface area contributed by atoms with Crippen molar-refractivity contribution in [2.45, 2.75) is 26.2 Å². The van der Waals surface area contributed by atoms with Gasteiger partial charge in [-0.1, -0.05) is 6.92 Å².